The van der Waals surface area contributed by atoms with E-state index in [-0.39, 0.29) is 6.42 Å². The fraction of sp³-hybridized carbons (Fsp3) is 0.222. The Labute approximate surface area is 94.6 Å². The van der Waals surface area contributed by atoms with Crippen LogP contribution < -0.4 is 5.11 Å². The highest BCUT2D eigenvalue weighted by atomic mass is 79.9. The molecule has 0 heterocycles. The molecule has 0 N–H and O–H groups in total. The van der Waals surface area contributed by atoms with Gasteiger partial charge >= 0.3 is 5.69 Å². The van der Waals surface area contributed by atoms with Gasteiger partial charge in [0.25, 0.3) is 21.2 Å². The topological polar surface area (TPSA) is 69.4 Å². The molecule has 0 bridgehead atoms. The van der Waals surface area contributed by atoms with Gasteiger partial charge in [0, 0.05) is 18.1 Å². The van der Waals surface area contributed by atoms with Crippen LogP contribution in [0.15, 0.2) is 24.3 Å². The molecule has 1 aromatic rings. The maximum Gasteiger partial charge on any atom is 0.317 e. The molecule has 1 aromatic carbocycles. The number of benzene rings is 1. The summed E-state index contributed by atoms with van der Waals surface area (Å²) in [5.74, 6) is -1.09. The number of carbonyl (C=O) groups excluding carboxylic acids is 1. The van der Waals surface area contributed by atoms with Crippen molar-refractivity contribution in [2.45, 2.75) is 12.8 Å². The summed E-state index contributed by atoms with van der Waals surface area (Å²) >= 11 is 2.55. The summed E-state index contributed by atoms with van der Waals surface area (Å²) in [5, 5.41) is 10.2. The minimum absolute atomic E-state index is 0.0324. The van der Waals surface area contributed by atoms with Crippen LogP contribution in [0.5, 0.6) is 0 Å². The number of carboxylic acid groups (broad SMARTS) is 1. The van der Waals surface area contributed by atoms with E-state index >= 15 is 0 Å². The summed E-state index contributed by atoms with van der Waals surface area (Å²) in [5.41, 5.74) is 1.15. The second-order valence-corrected chi connectivity index (χ2v) is 3.15. The maximum atomic E-state index is 10.9. The lowest BCUT2D eigenvalue weighted by Gasteiger charge is -2.01. The molecule has 0 aliphatic carbocycles. The molecule has 15 heavy (non-hydrogen) atoms. The van der Waals surface area contributed by atoms with Crippen molar-refractivity contribution in [3.05, 3.63) is 34.7 Å². The van der Waals surface area contributed by atoms with Crippen LogP contribution in [-0.2, 0) is 15.1 Å². The molecule has 0 radical (unpaired) electrons. The minimum atomic E-state index is -1.09. The Kier molecular flexibility index (Phi) is 4.23. The molecule has 5 nitrogen and oxygen atoms in total. The Bertz CT molecular complexity index is 363. The molecule has 0 unspecified atom stereocenters. The van der Waals surface area contributed by atoms with E-state index in [1.165, 1.54) is 0 Å². The van der Waals surface area contributed by atoms with Gasteiger partial charge in [-0.3, -0.25) is 0 Å². The lowest BCUT2D eigenvalue weighted by molar-refractivity contribution is -0.688. The number of aliphatic carboxylic acids is 1. The summed E-state index contributed by atoms with van der Waals surface area (Å²) in [6, 6.07) is 6.40. The van der Waals surface area contributed by atoms with E-state index in [0.717, 1.165) is 5.56 Å². The van der Waals surface area contributed by atoms with Crippen LogP contribution in [0.4, 0.5) is 5.69 Å². The summed E-state index contributed by atoms with van der Waals surface area (Å²) in [6.07, 6.45) is 0.353. The molecule has 0 saturated carbocycles. The van der Waals surface area contributed by atoms with Crippen molar-refractivity contribution >= 4 is 27.9 Å². The number of nitrogens with zero attached hydrogens (tertiary/aromatic N) is 1. The van der Waals surface area contributed by atoms with E-state index < -0.39 is 5.97 Å². The molecule has 0 aliphatic rings. The second kappa shape index (κ2) is 5.45. The third-order valence-corrected chi connectivity index (χ3v) is 2.09. The van der Waals surface area contributed by atoms with Crippen molar-refractivity contribution in [3.63, 3.8) is 0 Å². The molecule has 0 aliphatic heterocycles. The predicted octanol–water partition coefficient (Wildman–Crippen LogP) is 1.02. The fourth-order valence-electron chi connectivity index (χ4n) is 1.07. The van der Waals surface area contributed by atoms with E-state index in [4.69, 9.17) is 0 Å². The first-order valence-electron chi connectivity index (χ1n) is 4.18. The lowest BCUT2D eigenvalue weighted by atomic mass is 10.1. The van der Waals surface area contributed by atoms with E-state index in [1.807, 2.05) is 0 Å². The van der Waals surface area contributed by atoms with Crippen molar-refractivity contribution in [2.24, 2.45) is 0 Å². The number of hydrogen-bond acceptors (Lipinski definition) is 4. The maximum absolute atomic E-state index is 10.9. The van der Waals surface area contributed by atoms with Gasteiger partial charge in [0.05, 0.1) is 4.91 Å². The molecule has 0 atom stereocenters. The third kappa shape index (κ3) is 3.67. The quantitative estimate of drug-likeness (QED) is 0.752. The molecule has 0 spiro atoms. The number of hydrogen-bond donors (Lipinski definition) is 0. The van der Waals surface area contributed by atoms with Gasteiger partial charge in [0.2, 0.25) is 0 Å². The highest BCUT2D eigenvalue weighted by Crippen LogP contribution is 2.14. The lowest BCUT2D eigenvalue weighted by Crippen LogP contribution is -2.22. The summed E-state index contributed by atoms with van der Waals surface area (Å²) in [6.45, 7) is 0. The van der Waals surface area contributed by atoms with Crippen molar-refractivity contribution in [1.29, 1.82) is 0 Å². The SMILES string of the molecule is O=C([O-])CCc1ccc([N+](=O)OBr)cc1. The van der Waals surface area contributed by atoms with Crippen LogP contribution in [0.3, 0.4) is 0 Å². The van der Waals surface area contributed by atoms with Gasteiger partial charge in [0.15, 0.2) is 0 Å². The average Bonchev–Trinajstić information content (AvgIpc) is 2.26. The molecule has 80 valence electrons. The summed E-state index contributed by atoms with van der Waals surface area (Å²) in [7, 11) is 0. The fourth-order valence-corrected chi connectivity index (χ4v) is 1.24. The normalized spacial score (nSPS) is 9.67. The Balaban J connectivity index is 2.64. The minimum Gasteiger partial charge on any atom is -0.550 e. The summed E-state index contributed by atoms with van der Waals surface area (Å²) < 4.78 is 4.26. The Morgan fingerprint density at radius 2 is 2.00 bits per heavy atom. The van der Waals surface area contributed by atoms with Gasteiger partial charge in [0.1, 0.15) is 0 Å². The number of carbonyl (C=O) groups is 1. The first-order valence-corrected chi connectivity index (χ1v) is 4.83. The van der Waals surface area contributed by atoms with E-state index in [0.29, 0.717) is 17.0 Å². The molecular weight excluding hydrogens is 266 g/mol. The number of rotatable bonds is 5. The van der Waals surface area contributed by atoms with E-state index in [2.05, 4.69) is 20.2 Å². The van der Waals surface area contributed by atoms with E-state index in [9.17, 15) is 14.8 Å². The van der Waals surface area contributed by atoms with Gasteiger partial charge in [-0.15, -0.1) is 3.93 Å². The highest BCUT2D eigenvalue weighted by molar-refractivity contribution is 9.05. The Morgan fingerprint density at radius 3 is 2.47 bits per heavy atom. The van der Waals surface area contributed by atoms with Crippen LogP contribution in [0.2, 0.25) is 0 Å². The van der Waals surface area contributed by atoms with Crippen molar-refractivity contribution < 1.29 is 18.8 Å². The van der Waals surface area contributed by atoms with Crippen LogP contribution >= 0.6 is 16.3 Å². The van der Waals surface area contributed by atoms with Crippen LogP contribution in [0, 0.1) is 4.91 Å². The number of aryl methyl sites for hydroxylation is 1. The highest BCUT2D eigenvalue weighted by Gasteiger charge is 2.13. The molecule has 0 amide bonds. The molecule has 0 fully saturated rings. The van der Waals surface area contributed by atoms with Crippen molar-refractivity contribution in [3.8, 4) is 0 Å². The van der Waals surface area contributed by atoms with Gasteiger partial charge in [-0.1, -0.05) is 12.1 Å². The first kappa shape index (κ1) is 11.6. The molecule has 0 aromatic heterocycles. The van der Waals surface area contributed by atoms with Gasteiger partial charge in [-0.05, 0) is 18.4 Å². The molecular formula is C9H8BrNO4. The summed E-state index contributed by atoms with van der Waals surface area (Å²) in [4.78, 5) is 21.4. The Hall–Kier alpha value is -1.43. The average molecular weight is 274 g/mol. The zero-order valence-electron chi connectivity index (χ0n) is 7.68. The number of carboxylic acids is 1. The van der Waals surface area contributed by atoms with Gasteiger partial charge in [-0.25, -0.2) is 0 Å². The number of halogens is 1. The second-order valence-electron chi connectivity index (χ2n) is 2.86. The zero-order chi connectivity index (χ0) is 11.3. The van der Waals surface area contributed by atoms with Crippen LogP contribution in [0.25, 0.3) is 0 Å². The molecule has 6 heteroatoms. The predicted molar refractivity (Wildman–Crippen MR) is 53.1 cm³/mol. The third-order valence-electron chi connectivity index (χ3n) is 1.83. The van der Waals surface area contributed by atoms with Crippen LogP contribution in [-0.4, -0.2) is 10.9 Å². The largest absolute Gasteiger partial charge is 0.550 e. The van der Waals surface area contributed by atoms with Crippen molar-refractivity contribution in [2.75, 3.05) is 0 Å². The molecule has 0 saturated heterocycles. The Morgan fingerprint density at radius 1 is 1.40 bits per heavy atom. The smallest absolute Gasteiger partial charge is 0.317 e. The first-order chi connectivity index (χ1) is 7.13. The van der Waals surface area contributed by atoms with Crippen LogP contribution in [0.1, 0.15) is 12.0 Å². The standard InChI is InChI=1S/C9H8BrNO4/c10-15-11(14)8-4-1-7(2-5-8)3-6-9(12)13/h1-2,4-5H,3,6H2. The van der Waals surface area contributed by atoms with E-state index in [1.54, 1.807) is 24.3 Å². The zero-order valence-corrected chi connectivity index (χ0v) is 9.27. The van der Waals surface area contributed by atoms with Gasteiger partial charge < -0.3 is 9.90 Å². The molecule has 1 rings (SSSR count). The van der Waals surface area contributed by atoms with Crippen molar-refractivity contribution in [1.82, 2.24) is 0 Å². The monoisotopic (exact) mass is 273 g/mol. The van der Waals surface area contributed by atoms with Gasteiger partial charge in [-0.2, -0.15) is 0 Å².